The highest BCUT2D eigenvalue weighted by atomic mass is 16.4. The average Bonchev–Trinajstić information content (AvgIpc) is 3.14. The zero-order valence-electron chi connectivity index (χ0n) is 11.6. The number of nitrogens with zero attached hydrogens (tertiary/aromatic N) is 1. The van der Waals surface area contributed by atoms with Crippen molar-refractivity contribution >= 4 is 17.3 Å². The maximum atomic E-state index is 11.4. The van der Waals surface area contributed by atoms with Crippen molar-refractivity contribution in [2.45, 2.75) is 39.2 Å². The van der Waals surface area contributed by atoms with Crippen LogP contribution in [0.15, 0.2) is 18.2 Å². The first-order chi connectivity index (χ1) is 8.99. The molecule has 1 aromatic carbocycles. The standard InChI is InChI=1S/C15H22N2O2/c1-10(2)7-8-17(12-4-5-12)14-6-3-11(16)9-13(14)15(18)19/h3,6,9-10,12H,4-5,7-8,16H2,1-2H3,(H,18,19). The van der Waals surface area contributed by atoms with Crippen LogP contribution in [0.3, 0.4) is 0 Å². The molecule has 0 atom stereocenters. The molecule has 4 nitrogen and oxygen atoms in total. The van der Waals surface area contributed by atoms with E-state index < -0.39 is 5.97 Å². The Morgan fingerprint density at radius 1 is 1.47 bits per heavy atom. The smallest absolute Gasteiger partial charge is 0.337 e. The van der Waals surface area contributed by atoms with Gasteiger partial charge < -0.3 is 15.7 Å². The Bertz CT molecular complexity index is 467. The lowest BCUT2D eigenvalue weighted by Gasteiger charge is -2.27. The number of carbonyl (C=O) groups is 1. The van der Waals surface area contributed by atoms with E-state index in [1.54, 1.807) is 12.1 Å². The number of aromatic carboxylic acids is 1. The molecule has 4 heteroatoms. The molecule has 1 aromatic rings. The number of nitrogen functional groups attached to an aromatic ring is 1. The molecule has 2 rings (SSSR count). The zero-order valence-corrected chi connectivity index (χ0v) is 11.6. The van der Waals surface area contributed by atoms with Crippen molar-refractivity contribution in [3.63, 3.8) is 0 Å². The van der Waals surface area contributed by atoms with E-state index in [9.17, 15) is 9.90 Å². The molecular weight excluding hydrogens is 240 g/mol. The summed E-state index contributed by atoms with van der Waals surface area (Å²) in [6.45, 7) is 5.28. The van der Waals surface area contributed by atoms with Gasteiger partial charge in [0.2, 0.25) is 0 Å². The summed E-state index contributed by atoms with van der Waals surface area (Å²) in [4.78, 5) is 13.6. The molecule has 0 spiro atoms. The molecule has 1 saturated carbocycles. The Labute approximate surface area is 114 Å². The minimum Gasteiger partial charge on any atom is -0.478 e. The van der Waals surface area contributed by atoms with Crippen molar-refractivity contribution < 1.29 is 9.90 Å². The van der Waals surface area contributed by atoms with Gasteiger partial charge in [0.25, 0.3) is 0 Å². The topological polar surface area (TPSA) is 66.6 Å². The van der Waals surface area contributed by atoms with Gasteiger partial charge in [-0.1, -0.05) is 13.8 Å². The lowest BCUT2D eigenvalue weighted by Crippen LogP contribution is -2.29. The first kappa shape index (κ1) is 13.7. The van der Waals surface area contributed by atoms with Crippen LogP contribution >= 0.6 is 0 Å². The summed E-state index contributed by atoms with van der Waals surface area (Å²) in [5.41, 5.74) is 7.32. The Kier molecular flexibility index (Phi) is 3.98. The predicted molar refractivity (Wildman–Crippen MR) is 77.6 cm³/mol. The number of carboxylic acid groups (broad SMARTS) is 1. The Balaban J connectivity index is 2.28. The zero-order chi connectivity index (χ0) is 14.0. The first-order valence-corrected chi connectivity index (χ1v) is 6.88. The summed E-state index contributed by atoms with van der Waals surface area (Å²) in [6, 6.07) is 5.69. The normalized spacial score (nSPS) is 14.7. The molecule has 0 heterocycles. The van der Waals surface area contributed by atoms with Gasteiger partial charge in [-0.2, -0.15) is 0 Å². The highest BCUT2D eigenvalue weighted by molar-refractivity contribution is 5.95. The number of nitrogens with two attached hydrogens (primary N) is 1. The van der Waals surface area contributed by atoms with Crippen LogP contribution in [0.1, 0.15) is 43.5 Å². The number of carboxylic acids is 1. The molecule has 0 bridgehead atoms. The van der Waals surface area contributed by atoms with Crippen LogP contribution in [0.2, 0.25) is 0 Å². The van der Waals surface area contributed by atoms with Gasteiger partial charge in [0.15, 0.2) is 0 Å². The quantitative estimate of drug-likeness (QED) is 0.773. The minimum atomic E-state index is -0.905. The number of hydrogen-bond donors (Lipinski definition) is 2. The van der Waals surface area contributed by atoms with E-state index in [1.807, 2.05) is 6.07 Å². The van der Waals surface area contributed by atoms with Crippen molar-refractivity contribution in [3.8, 4) is 0 Å². The average molecular weight is 262 g/mol. The molecule has 104 valence electrons. The Morgan fingerprint density at radius 3 is 2.68 bits per heavy atom. The lowest BCUT2D eigenvalue weighted by molar-refractivity contribution is 0.0697. The fourth-order valence-electron chi connectivity index (χ4n) is 2.26. The van der Waals surface area contributed by atoms with Crippen LogP contribution in [0.25, 0.3) is 0 Å². The van der Waals surface area contributed by atoms with Crippen LogP contribution in [0.5, 0.6) is 0 Å². The van der Waals surface area contributed by atoms with Crippen molar-refractivity contribution in [1.82, 2.24) is 0 Å². The molecule has 0 unspecified atom stereocenters. The van der Waals surface area contributed by atoms with Crippen molar-refractivity contribution in [2.75, 3.05) is 17.2 Å². The number of rotatable bonds is 6. The predicted octanol–water partition coefficient (Wildman–Crippen LogP) is 2.98. The fraction of sp³-hybridized carbons (Fsp3) is 0.533. The van der Waals surface area contributed by atoms with E-state index in [-0.39, 0.29) is 0 Å². The summed E-state index contributed by atoms with van der Waals surface area (Å²) in [6.07, 6.45) is 3.38. The highest BCUT2D eigenvalue weighted by Crippen LogP contribution is 2.34. The number of hydrogen-bond acceptors (Lipinski definition) is 3. The van der Waals surface area contributed by atoms with E-state index in [0.717, 1.165) is 31.5 Å². The third-order valence-corrected chi connectivity index (χ3v) is 3.50. The van der Waals surface area contributed by atoms with Crippen LogP contribution in [0, 0.1) is 5.92 Å². The molecule has 0 radical (unpaired) electrons. The van der Waals surface area contributed by atoms with Crippen molar-refractivity contribution in [1.29, 1.82) is 0 Å². The van der Waals surface area contributed by atoms with Gasteiger partial charge in [-0.15, -0.1) is 0 Å². The van der Waals surface area contributed by atoms with Gasteiger partial charge >= 0.3 is 5.97 Å². The lowest BCUT2D eigenvalue weighted by atomic mass is 10.1. The third kappa shape index (κ3) is 3.40. The summed E-state index contributed by atoms with van der Waals surface area (Å²) < 4.78 is 0. The van der Waals surface area contributed by atoms with Crippen LogP contribution in [-0.4, -0.2) is 23.7 Å². The monoisotopic (exact) mass is 262 g/mol. The molecule has 3 N–H and O–H groups in total. The third-order valence-electron chi connectivity index (χ3n) is 3.50. The minimum absolute atomic E-state index is 0.315. The second-order valence-electron chi connectivity index (χ2n) is 5.69. The summed E-state index contributed by atoms with van der Waals surface area (Å²) in [7, 11) is 0. The van der Waals surface area contributed by atoms with Crippen LogP contribution in [0.4, 0.5) is 11.4 Å². The molecule has 0 amide bonds. The molecular formula is C15H22N2O2. The van der Waals surface area contributed by atoms with Gasteiger partial charge in [0.05, 0.1) is 11.3 Å². The highest BCUT2D eigenvalue weighted by Gasteiger charge is 2.31. The summed E-state index contributed by atoms with van der Waals surface area (Å²) >= 11 is 0. The van der Waals surface area contributed by atoms with Gasteiger partial charge in [0.1, 0.15) is 0 Å². The largest absolute Gasteiger partial charge is 0.478 e. The van der Waals surface area contributed by atoms with E-state index in [2.05, 4.69) is 18.7 Å². The molecule has 1 aliphatic carbocycles. The fourth-order valence-corrected chi connectivity index (χ4v) is 2.26. The van der Waals surface area contributed by atoms with Crippen molar-refractivity contribution in [2.24, 2.45) is 5.92 Å². The van der Waals surface area contributed by atoms with E-state index in [1.165, 1.54) is 0 Å². The summed E-state index contributed by atoms with van der Waals surface area (Å²) in [5.74, 6) is -0.291. The second kappa shape index (κ2) is 5.51. The second-order valence-corrected chi connectivity index (χ2v) is 5.69. The number of benzene rings is 1. The molecule has 0 aromatic heterocycles. The first-order valence-electron chi connectivity index (χ1n) is 6.88. The van der Waals surface area contributed by atoms with Crippen LogP contribution in [-0.2, 0) is 0 Å². The maximum Gasteiger partial charge on any atom is 0.337 e. The van der Waals surface area contributed by atoms with Gasteiger partial charge in [-0.3, -0.25) is 0 Å². The molecule has 19 heavy (non-hydrogen) atoms. The SMILES string of the molecule is CC(C)CCN(c1ccc(N)cc1C(=O)O)C1CC1. The van der Waals surface area contributed by atoms with E-state index >= 15 is 0 Å². The van der Waals surface area contributed by atoms with E-state index in [0.29, 0.717) is 23.2 Å². The van der Waals surface area contributed by atoms with Crippen LogP contribution < -0.4 is 10.6 Å². The van der Waals surface area contributed by atoms with Crippen molar-refractivity contribution in [3.05, 3.63) is 23.8 Å². The molecule has 0 aliphatic heterocycles. The Morgan fingerprint density at radius 2 is 2.16 bits per heavy atom. The molecule has 1 fully saturated rings. The Hall–Kier alpha value is -1.71. The van der Waals surface area contributed by atoms with Gasteiger partial charge in [0, 0.05) is 18.3 Å². The molecule has 1 aliphatic rings. The molecule has 0 saturated heterocycles. The van der Waals surface area contributed by atoms with E-state index in [4.69, 9.17) is 5.73 Å². The van der Waals surface area contributed by atoms with Gasteiger partial charge in [-0.05, 0) is 43.4 Å². The number of anilines is 2. The van der Waals surface area contributed by atoms with Gasteiger partial charge in [-0.25, -0.2) is 4.79 Å². The summed E-state index contributed by atoms with van der Waals surface area (Å²) in [5, 5.41) is 9.34. The maximum absolute atomic E-state index is 11.4.